The molecule has 1 saturated heterocycles. The van der Waals surface area contributed by atoms with Gasteiger partial charge in [-0.15, -0.1) is 12.4 Å². The summed E-state index contributed by atoms with van der Waals surface area (Å²) < 4.78 is 11.3. The third-order valence-corrected chi connectivity index (χ3v) is 6.17. The minimum absolute atomic E-state index is 0. The van der Waals surface area contributed by atoms with Gasteiger partial charge in [0.05, 0.1) is 13.2 Å². The Morgan fingerprint density at radius 3 is 2.78 bits per heavy atom. The average Bonchev–Trinajstić information content (AvgIpc) is 2.98. The zero-order valence-electron chi connectivity index (χ0n) is 14.6. The van der Waals surface area contributed by atoms with Crippen molar-refractivity contribution in [3.8, 4) is 0 Å². The molecule has 0 radical (unpaired) electrons. The Kier molecular flexibility index (Phi) is 8.10. The van der Waals surface area contributed by atoms with Crippen molar-refractivity contribution in [2.45, 2.75) is 64.0 Å². The maximum Gasteiger partial charge on any atom is 0.0623 e. The Morgan fingerprint density at radius 2 is 2.13 bits per heavy atom. The van der Waals surface area contributed by atoms with E-state index in [9.17, 15) is 0 Å². The number of morpholine rings is 1. The first kappa shape index (κ1) is 19.5. The number of ether oxygens (including phenoxy) is 2. The van der Waals surface area contributed by atoms with Crippen molar-refractivity contribution in [2.24, 2.45) is 11.3 Å². The van der Waals surface area contributed by atoms with Crippen molar-refractivity contribution in [1.29, 1.82) is 0 Å². The van der Waals surface area contributed by atoms with E-state index in [2.05, 4.69) is 17.6 Å². The fraction of sp³-hybridized carbons (Fsp3) is 1.00. The van der Waals surface area contributed by atoms with E-state index in [-0.39, 0.29) is 12.4 Å². The van der Waals surface area contributed by atoms with Gasteiger partial charge in [0, 0.05) is 38.4 Å². The van der Waals surface area contributed by atoms with Gasteiger partial charge in [0.15, 0.2) is 0 Å². The molecule has 0 amide bonds. The van der Waals surface area contributed by atoms with Crippen molar-refractivity contribution in [3.63, 3.8) is 0 Å². The van der Waals surface area contributed by atoms with Gasteiger partial charge in [0.1, 0.15) is 0 Å². The van der Waals surface area contributed by atoms with E-state index in [0.717, 1.165) is 38.9 Å². The first-order valence-corrected chi connectivity index (χ1v) is 9.45. The molecule has 0 bridgehead atoms. The Hall–Kier alpha value is 0.130. The summed E-state index contributed by atoms with van der Waals surface area (Å²) in [6.45, 7) is 7.86. The molecule has 23 heavy (non-hydrogen) atoms. The Labute approximate surface area is 147 Å². The SMILES string of the molecule is CCOCCC1(CNC2CCCC2C2COCCN2)CCC1.Cl. The van der Waals surface area contributed by atoms with Crippen molar-refractivity contribution in [2.75, 3.05) is 39.5 Å². The molecule has 0 aromatic rings. The first-order valence-electron chi connectivity index (χ1n) is 9.45. The molecule has 2 aliphatic carbocycles. The molecule has 4 nitrogen and oxygen atoms in total. The lowest BCUT2D eigenvalue weighted by Gasteiger charge is -2.44. The molecule has 5 heteroatoms. The Morgan fingerprint density at radius 1 is 1.26 bits per heavy atom. The minimum atomic E-state index is 0. The molecule has 3 fully saturated rings. The van der Waals surface area contributed by atoms with Crippen LogP contribution in [0.3, 0.4) is 0 Å². The van der Waals surface area contributed by atoms with E-state index >= 15 is 0 Å². The lowest BCUT2D eigenvalue weighted by Crippen LogP contribution is -2.52. The van der Waals surface area contributed by atoms with Crippen molar-refractivity contribution >= 4 is 12.4 Å². The van der Waals surface area contributed by atoms with Crippen LogP contribution in [0.2, 0.25) is 0 Å². The molecule has 3 aliphatic rings. The second-order valence-electron chi connectivity index (χ2n) is 7.52. The van der Waals surface area contributed by atoms with Crippen LogP contribution in [0.4, 0.5) is 0 Å². The maximum atomic E-state index is 5.68. The second-order valence-corrected chi connectivity index (χ2v) is 7.52. The summed E-state index contributed by atoms with van der Waals surface area (Å²) in [6, 6.07) is 1.25. The molecule has 3 rings (SSSR count). The minimum Gasteiger partial charge on any atom is -0.382 e. The summed E-state index contributed by atoms with van der Waals surface area (Å²) >= 11 is 0. The van der Waals surface area contributed by atoms with Gasteiger partial charge in [-0.1, -0.05) is 12.8 Å². The molecule has 1 heterocycles. The van der Waals surface area contributed by atoms with E-state index < -0.39 is 0 Å². The monoisotopic (exact) mass is 346 g/mol. The van der Waals surface area contributed by atoms with Gasteiger partial charge in [0.25, 0.3) is 0 Å². The van der Waals surface area contributed by atoms with Crippen LogP contribution in [0.25, 0.3) is 0 Å². The third kappa shape index (κ3) is 5.05. The highest BCUT2D eigenvalue weighted by atomic mass is 35.5. The van der Waals surface area contributed by atoms with Gasteiger partial charge >= 0.3 is 0 Å². The zero-order valence-corrected chi connectivity index (χ0v) is 15.5. The van der Waals surface area contributed by atoms with Crippen molar-refractivity contribution in [1.82, 2.24) is 10.6 Å². The third-order valence-electron chi connectivity index (χ3n) is 6.17. The molecule has 3 unspecified atom stereocenters. The summed E-state index contributed by atoms with van der Waals surface area (Å²) in [6.07, 6.45) is 9.46. The molecule has 3 atom stereocenters. The number of halogens is 1. The number of hydrogen-bond acceptors (Lipinski definition) is 4. The van der Waals surface area contributed by atoms with Crippen LogP contribution in [0.5, 0.6) is 0 Å². The number of hydrogen-bond donors (Lipinski definition) is 2. The fourth-order valence-electron chi connectivity index (χ4n) is 4.56. The van der Waals surface area contributed by atoms with Crippen LogP contribution in [0, 0.1) is 11.3 Å². The Balaban J connectivity index is 0.00000192. The smallest absolute Gasteiger partial charge is 0.0623 e. The van der Waals surface area contributed by atoms with E-state index in [4.69, 9.17) is 9.47 Å². The summed E-state index contributed by atoms with van der Waals surface area (Å²) in [7, 11) is 0. The average molecular weight is 347 g/mol. The van der Waals surface area contributed by atoms with E-state index in [1.165, 1.54) is 51.5 Å². The first-order chi connectivity index (χ1) is 10.8. The molecular formula is C18H35ClN2O2. The van der Waals surface area contributed by atoms with E-state index in [0.29, 0.717) is 17.5 Å². The van der Waals surface area contributed by atoms with Gasteiger partial charge in [-0.2, -0.15) is 0 Å². The van der Waals surface area contributed by atoms with Gasteiger partial charge in [-0.05, 0) is 50.4 Å². The largest absolute Gasteiger partial charge is 0.382 e. The van der Waals surface area contributed by atoms with E-state index in [1.54, 1.807) is 0 Å². The lowest BCUT2D eigenvalue weighted by molar-refractivity contribution is 0.0396. The molecule has 0 aromatic heterocycles. The maximum absolute atomic E-state index is 5.68. The summed E-state index contributed by atoms with van der Waals surface area (Å²) in [5.74, 6) is 0.754. The molecule has 1 aliphatic heterocycles. The fourth-order valence-corrected chi connectivity index (χ4v) is 4.56. The predicted octanol–water partition coefficient (Wildman–Crippen LogP) is 2.75. The second kappa shape index (κ2) is 9.57. The van der Waals surface area contributed by atoms with Crippen LogP contribution in [-0.4, -0.2) is 51.6 Å². The highest BCUT2D eigenvalue weighted by Gasteiger charge is 2.39. The van der Waals surface area contributed by atoms with Gasteiger partial charge in [0.2, 0.25) is 0 Å². The standard InChI is InChI=1S/C18H34N2O2.ClH/c1-2-21-11-9-18(7-4-8-18)14-20-16-6-3-5-15(16)17-13-22-12-10-19-17;/h15-17,19-20H,2-14H2,1H3;1H. The highest BCUT2D eigenvalue weighted by molar-refractivity contribution is 5.85. The molecule has 2 N–H and O–H groups in total. The van der Waals surface area contributed by atoms with Crippen molar-refractivity contribution in [3.05, 3.63) is 0 Å². The molecule has 0 spiro atoms. The normalized spacial score (nSPS) is 33.0. The summed E-state index contributed by atoms with van der Waals surface area (Å²) in [5.41, 5.74) is 0.527. The van der Waals surface area contributed by atoms with Crippen LogP contribution in [0.15, 0.2) is 0 Å². The molecule has 0 aromatic carbocycles. The lowest BCUT2D eigenvalue weighted by atomic mass is 9.66. The summed E-state index contributed by atoms with van der Waals surface area (Å²) in [4.78, 5) is 0. The van der Waals surface area contributed by atoms with Crippen LogP contribution < -0.4 is 10.6 Å². The summed E-state index contributed by atoms with van der Waals surface area (Å²) in [5, 5.41) is 7.62. The molecular weight excluding hydrogens is 312 g/mol. The Bertz CT molecular complexity index is 333. The van der Waals surface area contributed by atoms with Crippen LogP contribution in [0.1, 0.15) is 51.9 Å². The van der Waals surface area contributed by atoms with Gasteiger partial charge in [-0.25, -0.2) is 0 Å². The van der Waals surface area contributed by atoms with E-state index in [1.807, 2.05) is 0 Å². The van der Waals surface area contributed by atoms with Crippen LogP contribution in [-0.2, 0) is 9.47 Å². The highest BCUT2D eigenvalue weighted by Crippen LogP contribution is 2.44. The quantitative estimate of drug-likeness (QED) is 0.663. The zero-order chi connectivity index (χ0) is 15.3. The topological polar surface area (TPSA) is 42.5 Å². The van der Waals surface area contributed by atoms with Crippen molar-refractivity contribution < 1.29 is 9.47 Å². The van der Waals surface area contributed by atoms with Gasteiger partial charge in [-0.3, -0.25) is 0 Å². The predicted molar refractivity (Wildman–Crippen MR) is 96.4 cm³/mol. The van der Waals surface area contributed by atoms with Gasteiger partial charge < -0.3 is 20.1 Å². The number of nitrogens with one attached hydrogen (secondary N) is 2. The van der Waals surface area contributed by atoms with Crippen LogP contribution >= 0.6 is 12.4 Å². The molecule has 2 saturated carbocycles. The molecule has 136 valence electrons. The number of rotatable bonds is 8.